The third kappa shape index (κ3) is 3.94. The average Bonchev–Trinajstić information content (AvgIpc) is 3.11. The van der Waals surface area contributed by atoms with Gasteiger partial charge in [0.15, 0.2) is 11.5 Å². The normalized spacial score (nSPS) is 11.5. The number of rotatable bonds is 6. The Morgan fingerprint density at radius 2 is 1.96 bits per heavy atom. The summed E-state index contributed by atoms with van der Waals surface area (Å²) in [5.41, 5.74) is 3.89. The van der Waals surface area contributed by atoms with Crippen LogP contribution in [-0.2, 0) is 16.6 Å². The van der Waals surface area contributed by atoms with Crippen molar-refractivity contribution in [3.8, 4) is 11.3 Å². The van der Waals surface area contributed by atoms with Crippen molar-refractivity contribution in [1.29, 1.82) is 0 Å². The molecule has 9 heteroatoms. The fourth-order valence-corrected chi connectivity index (χ4v) is 3.46. The van der Waals surface area contributed by atoms with Crippen molar-refractivity contribution in [2.45, 2.75) is 6.54 Å². The highest BCUT2D eigenvalue weighted by Gasteiger charge is 2.11. The summed E-state index contributed by atoms with van der Waals surface area (Å²) in [6, 6.07) is 11.0. The number of nitrogens with one attached hydrogen (secondary N) is 2. The van der Waals surface area contributed by atoms with Gasteiger partial charge in [-0.3, -0.25) is 14.1 Å². The molecule has 0 radical (unpaired) electrons. The van der Waals surface area contributed by atoms with Crippen molar-refractivity contribution in [3.63, 3.8) is 0 Å². The monoisotopic (exact) mass is 394 g/mol. The molecule has 0 aliphatic heterocycles. The molecule has 3 aromatic heterocycles. The van der Waals surface area contributed by atoms with E-state index in [4.69, 9.17) is 0 Å². The van der Waals surface area contributed by atoms with Crippen LogP contribution in [0.4, 0.5) is 11.5 Å². The Kier molecular flexibility index (Phi) is 4.66. The molecule has 0 saturated carbocycles. The number of sulfonamides is 1. The third-order valence-corrected chi connectivity index (χ3v) is 4.68. The first-order valence-corrected chi connectivity index (χ1v) is 10.4. The van der Waals surface area contributed by atoms with E-state index in [1.807, 2.05) is 28.8 Å². The molecular formula is C19H18N6O2S. The van der Waals surface area contributed by atoms with Crippen LogP contribution in [-0.4, -0.2) is 34.0 Å². The van der Waals surface area contributed by atoms with Crippen molar-refractivity contribution < 1.29 is 8.42 Å². The van der Waals surface area contributed by atoms with E-state index < -0.39 is 10.0 Å². The second kappa shape index (κ2) is 7.28. The van der Waals surface area contributed by atoms with Gasteiger partial charge in [-0.15, -0.1) is 0 Å². The van der Waals surface area contributed by atoms with Crippen molar-refractivity contribution in [3.05, 3.63) is 72.9 Å². The topological polar surface area (TPSA) is 101 Å². The van der Waals surface area contributed by atoms with E-state index in [0.717, 1.165) is 23.1 Å². The van der Waals surface area contributed by atoms with Gasteiger partial charge in [0.1, 0.15) is 0 Å². The number of aromatic nitrogens is 4. The van der Waals surface area contributed by atoms with Gasteiger partial charge in [-0.05, 0) is 23.8 Å². The van der Waals surface area contributed by atoms with E-state index in [9.17, 15) is 8.42 Å². The van der Waals surface area contributed by atoms with Crippen LogP contribution in [0, 0.1) is 0 Å². The molecule has 0 amide bonds. The minimum atomic E-state index is -3.34. The molecule has 0 fully saturated rings. The molecular weight excluding hydrogens is 376 g/mol. The summed E-state index contributed by atoms with van der Waals surface area (Å²) < 4.78 is 27.4. The van der Waals surface area contributed by atoms with Gasteiger partial charge in [-0.25, -0.2) is 18.4 Å². The molecule has 0 bridgehead atoms. The summed E-state index contributed by atoms with van der Waals surface area (Å²) in [6.45, 7) is 0.580. The Labute approximate surface area is 162 Å². The van der Waals surface area contributed by atoms with E-state index in [0.29, 0.717) is 23.7 Å². The fraction of sp³-hybridized carbons (Fsp3) is 0.105. The van der Waals surface area contributed by atoms with Gasteiger partial charge in [-0.2, -0.15) is 0 Å². The van der Waals surface area contributed by atoms with Gasteiger partial charge in [0.25, 0.3) is 0 Å². The van der Waals surface area contributed by atoms with Gasteiger partial charge in [0.2, 0.25) is 10.0 Å². The zero-order valence-electron chi connectivity index (χ0n) is 15.1. The molecule has 28 heavy (non-hydrogen) atoms. The molecule has 3 heterocycles. The first-order chi connectivity index (χ1) is 13.5. The number of benzene rings is 1. The molecule has 0 spiro atoms. The molecule has 0 unspecified atom stereocenters. The van der Waals surface area contributed by atoms with Crippen LogP contribution in [0.2, 0.25) is 0 Å². The largest absolute Gasteiger partial charge is 0.363 e. The van der Waals surface area contributed by atoms with Crippen molar-refractivity contribution >= 4 is 27.2 Å². The zero-order valence-corrected chi connectivity index (χ0v) is 15.9. The number of imidazole rings is 1. The van der Waals surface area contributed by atoms with Crippen LogP contribution in [0.3, 0.4) is 0 Å². The van der Waals surface area contributed by atoms with Gasteiger partial charge in [-0.1, -0.05) is 18.2 Å². The molecule has 0 aliphatic carbocycles. The smallest absolute Gasteiger partial charge is 0.229 e. The third-order valence-electron chi connectivity index (χ3n) is 4.07. The predicted molar refractivity (Wildman–Crippen MR) is 108 cm³/mol. The minimum Gasteiger partial charge on any atom is -0.363 e. The molecule has 4 aromatic rings. The number of hydrogen-bond acceptors (Lipinski definition) is 6. The molecule has 8 nitrogen and oxygen atoms in total. The molecule has 142 valence electrons. The SMILES string of the molecule is CS(=O)(=O)Nc1cccc(-c2cnc3c(NCc4cccnc4)nccn23)c1. The lowest BCUT2D eigenvalue weighted by Gasteiger charge is -2.09. The predicted octanol–water partition coefficient (Wildman–Crippen LogP) is 2.77. The van der Waals surface area contributed by atoms with Gasteiger partial charge in [0, 0.05) is 42.6 Å². The Bertz CT molecular complexity index is 1220. The highest BCUT2D eigenvalue weighted by molar-refractivity contribution is 7.92. The lowest BCUT2D eigenvalue weighted by Crippen LogP contribution is -2.09. The van der Waals surface area contributed by atoms with Crippen LogP contribution in [0.1, 0.15) is 5.56 Å². The Morgan fingerprint density at radius 1 is 1.07 bits per heavy atom. The lowest BCUT2D eigenvalue weighted by atomic mass is 10.1. The zero-order chi connectivity index (χ0) is 19.6. The van der Waals surface area contributed by atoms with Crippen molar-refractivity contribution in [1.82, 2.24) is 19.4 Å². The van der Waals surface area contributed by atoms with E-state index in [2.05, 4.69) is 25.0 Å². The maximum atomic E-state index is 11.5. The molecule has 0 saturated heterocycles. The van der Waals surface area contributed by atoms with Crippen LogP contribution in [0.25, 0.3) is 16.9 Å². The number of pyridine rings is 1. The number of hydrogen-bond donors (Lipinski definition) is 2. The average molecular weight is 394 g/mol. The molecule has 0 aliphatic rings. The van der Waals surface area contributed by atoms with E-state index in [1.165, 1.54) is 0 Å². The number of anilines is 2. The Balaban J connectivity index is 1.66. The van der Waals surface area contributed by atoms with Crippen molar-refractivity contribution in [2.75, 3.05) is 16.3 Å². The summed E-state index contributed by atoms with van der Waals surface area (Å²) in [5.74, 6) is 0.656. The summed E-state index contributed by atoms with van der Waals surface area (Å²) >= 11 is 0. The quantitative estimate of drug-likeness (QED) is 0.521. The highest BCUT2D eigenvalue weighted by atomic mass is 32.2. The van der Waals surface area contributed by atoms with E-state index in [1.54, 1.807) is 43.0 Å². The van der Waals surface area contributed by atoms with Crippen LogP contribution in [0.5, 0.6) is 0 Å². The number of nitrogens with zero attached hydrogens (tertiary/aromatic N) is 4. The van der Waals surface area contributed by atoms with Gasteiger partial charge < -0.3 is 5.32 Å². The van der Waals surface area contributed by atoms with Crippen LogP contribution >= 0.6 is 0 Å². The standard InChI is InChI=1S/C19H18N6O2S/c1-28(26,27)24-16-6-2-5-15(10-16)17-13-23-19-18(21-8-9-25(17)19)22-12-14-4-3-7-20-11-14/h2-11,13,24H,12H2,1H3,(H,21,22). The number of fused-ring (bicyclic) bond motifs is 1. The van der Waals surface area contributed by atoms with Crippen LogP contribution < -0.4 is 10.0 Å². The summed E-state index contributed by atoms with van der Waals surface area (Å²) in [6.07, 6.45) is 9.91. The first kappa shape index (κ1) is 17.9. The summed E-state index contributed by atoms with van der Waals surface area (Å²) in [4.78, 5) is 13.0. The lowest BCUT2D eigenvalue weighted by molar-refractivity contribution is 0.607. The summed E-state index contributed by atoms with van der Waals surface area (Å²) in [7, 11) is -3.34. The maximum absolute atomic E-state index is 11.5. The second-order valence-electron chi connectivity index (χ2n) is 6.28. The second-order valence-corrected chi connectivity index (χ2v) is 8.03. The van der Waals surface area contributed by atoms with Crippen molar-refractivity contribution in [2.24, 2.45) is 0 Å². The Morgan fingerprint density at radius 3 is 2.75 bits per heavy atom. The minimum absolute atomic E-state index is 0.499. The maximum Gasteiger partial charge on any atom is 0.229 e. The summed E-state index contributed by atoms with van der Waals surface area (Å²) in [5, 5.41) is 3.29. The Hall–Kier alpha value is -3.46. The molecule has 0 atom stereocenters. The van der Waals surface area contributed by atoms with E-state index in [-0.39, 0.29) is 0 Å². The van der Waals surface area contributed by atoms with Gasteiger partial charge >= 0.3 is 0 Å². The van der Waals surface area contributed by atoms with Gasteiger partial charge in [0.05, 0.1) is 18.1 Å². The molecule has 4 rings (SSSR count). The highest BCUT2D eigenvalue weighted by Crippen LogP contribution is 2.26. The molecule has 1 aromatic carbocycles. The first-order valence-electron chi connectivity index (χ1n) is 8.53. The van der Waals surface area contributed by atoms with Crippen LogP contribution in [0.15, 0.2) is 67.4 Å². The van der Waals surface area contributed by atoms with E-state index >= 15 is 0 Å². The molecule has 2 N–H and O–H groups in total. The fourth-order valence-electron chi connectivity index (χ4n) is 2.90.